The maximum absolute atomic E-state index is 10.5. The van der Waals surface area contributed by atoms with E-state index >= 15 is 0 Å². The fourth-order valence-electron chi connectivity index (χ4n) is 0.912. The lowest BCUT2D eigenvalue weighted by Gasteiger charge is -2.02. The normalized spacial score (nSPS) is 11.6. The first-order chi connectivity index (χ1) is 6.51. The molecule has 0 aliphatic heterocycles. The average Bonchev–Trinajstić information content (AvgIpc) is 2.14. The molecule has 0 saturated carbocycles. The van der Waals surface area contributed by atoms with Gasteiger partial charge in [0.2, 0.25) is 0 Å². The number of hydrogen-bond donors (Lipinski definition) is 1. The van der Waals surface area contributed by atoms with Crippen molar-refractivity contribution >= 4 is 22.1 Å². The van der Waals surface area contributed by atoms with Crippen LogP contribution in [0.15, 0.2) is 29.2 Å². The summed E-state index contributed by atoms with van der Waals surface area (Å²) in [7, 11) is -3.85. The van der Waals surface area contributed by atoms with Crippen molar-refractivity contribution in [2.75, 3.05) is 6.26 Å². The lowest BCUT2D eigenvalue weighted by Crippen LogP contribution is -2.15. The van der Waals surface area contributed by atoms with E-state index in [4.69, 9.17) is 5.14 Å². The standard InChI is InChI=1S/C8H11NO3S2/c1-13-8-4-2-3-7(5-8)6-12-14(9,10)11/h2-5H,6H2,1H3,(H2,9,10,11). The van der Waals surface area contributed by atoms with Crippen LogP contribution < -0.4 is 5.14 Å². The molecule has 0 fully saturated rings. The molecule has 14 heavy (non-hydrogen) atoms. The van der Waals surface area contributed by atoms with E-state index in [0.717, 1.165) is 10.5 Å². The minimum absolute atomic E-state index is 0.0206. The number of nitrogens with two attached hydrogens (primary N) is 1. The molecule has 78 valence electrons. The van der Waals surface area contributed by atoms with Crippen molar-refractivity contribution in [1.29, 1.82) is 0 Å². The molecule has 0 saturated heterocycles. The zero-order valence-corrected chi connectivity index (χ0v) is 9.27. The molecule has 0 aliphatic rings. The Morgan fingerprint density at radius 3 is 2.79 bits per heavy atom. The third-order valence-electron chi connectivity index (χ3n) is 1.52. The van der Waals surface area contributed by atoms with Gasteiger partial charge in [0, 0.05) is 4.90 Å². The Bertz CT molecular complexity index is 403. The Morgan fingerprint density at radius 1 is 1.50 bits per heavy atom. The predicted octanol–water partition coefficient (Wildman–Crippen LogP) is 1.13. The molecule has 0 aromatic heterocycles. The van der Waals surface area contributed by atoms with Crippen LogP contribution >= 0.6 is 11.8 Å². The first kappa shape index (κ1) is 11.5. The summed E-state index contributed by atoms with van der Waals surface area (Å²) < 4.78 is 25.5. The van der Waals surface area contributed by atoms with Crippen molar-refractivity contribution in [3.8, 4) is 0 Å². The van der Waals surface area contributed by atoms with Crippen LogP contribution in [0.2, 0.25) is 0 Å². The summed E-state index contributed by atoms with van der Waals surface area (Å²) in [5, 5.41) is 4.70. The van der Waals surface area contributed by atoms with Gasteiger partial charge >= 0.3 is 10.3 Å². The number of benzene rings is 1. The van der Waals surface area contributed by atoms with E-state index < -0.39 is 10.3 Å². The maximum atomic E-state index is 10.5. The summed E-state index contributed by atoms with van der Waals surface area (Å²) in [4.78, 5) is 1.06. The first-order valence-electron chi connectivity index (χ1n) is 3.81. The fraction of sp³-hybridized carbons (Fsp3) is 0.250. The topological polar surface area (TPSA) is 69.4 Å². The summed E-state index contributed by atoms with van der Waals surface area (Å²) >= 11 is 1.58. The first-order valence-corrected chi connectivity index (χ1v) is 6.51. The van der Waals surface area contributed by atoms with Gasteiger partial charge in [-0.1, -0.05) is 12.1 Å². The largest absolute Gasteiger partial charge is 0.333 e. The van der Waals surface area contributed by atoms with E-state index in [1.165, 1.54) is 0 Å². The predicted molar refractivity (Wildman–Crippen MR) is 56.1 cm³/mol. The highest BCUT2D eigenvalue weighted by molar-refractivity contribution is 7.98. The van der Waals surface area contributed by atoms with Crippen molar-refractivity contribution in [3.05, 3.63) is 29.8 Å². The van der Waals surface area contributed by atoms with Crippen LogP contribution in [-0.2, 0) is 21.1 Å². The molecule has 1 rings (SSSR count). The second-order valence-electron chi connectivity index (χ2n) is 2.61. The van der Waals surface area contributed by atoms with Gasteiger partial charge in [0.1, 0.15) is 0 Å². The van der Waals surface area contributed by atoms with Gasteiger partial charge in [0.05, 0.1) is 6.61 Å². The Hall–Kier alpha value is -0.560. The molecule has 1 aromatic carbocycles. The smallest absolute Gasteiger partial charge is 0.253 e. The molecular weight excluding hydrogens is 222 g/mol. The Labute approximate surface area is 87.7 Å². The highest BCUT2D eigenvalue weighted by Gasteiger charge is 2.03. The van der Waals surface area contributed by atoms with Crippen LogP contribution in [0.25, 0.3) is 0 Å². The molecule has 0 heterocycles. The van der Waals surface area contributed by atoms with Gasteiger partial charge < -0.3 is 0 Å². The van der Waals surface area contributed by atoms with Crippen molar-refractivity contribution in [3.63, 3.8) is 0 Å². The minimum Gasteiger partial charge on any atom is -0.253 e. The molecular formula is C8H11NO3S2. The van der Waals surface area contributed by atoms with Gasteiger partial charge in [0.15, 0.2) is 0 Å². The minimum atomic E-state index is -3.85. The van der Waals surface area contributed by atoms with E-state index in [0.29, 0.717) is 0 Å². The summed E-state index contributed by atoms with van der Waals surface area (Å²) in [6, 6.07) is 7.42. The van der Waals surface area contributed by atoms with Crippen molar-refractivity contribution in [1.82, 2.24) is 0 Å². The van der Waals surface area contributed by atoms with E-state index in [1.54, 1.807) is 17.8 Å². The van der Waals surface area contributed by atoms with Gasteiger partial charge in [-0.25, -0.2) is 5.14 Å². The van der Waals surface area contributed by atoms with Gasteiger partial charge in [-0.2, -0.15) is 8.42 Å². The van der Waals surface area contributed by atoms with Gasteiger partial charge in [-0.3, -0.25) is 4.18 Å². The zero-order chi connectivity index (χ0) is 10.6. The number of thioether (sulfide) groups is 1. The zero-order valence-electron chi connectivity index (χ0n) is 7.64. The highest BCUT2D eigenvalue weighted by Crippen LogP contribution is 2.16. The van der Waals surface area contributed by atoms with Crippen molar-refractivity contribution in [2.24, 2.45) is 5.14 Å². The van der Waals surface area contributed by atoms with Crippen LogP contribution in [0, 0.1) is 0 Å². The molecule has 0 aliphatic carbocycles. The fourth-order valence-corrected chi connectivity index (χ4v) is 1.70. The van der Waals surface area contributed by atoms with Crippen LogP contribution in [0.5, 0.6) is 0 Å². The summed E-state index contributed by atoms with van der Waals surface area (Å²) in [5.41, 5.74) is 0.783. The van der Waals surface area contributed by atoms with Crippen molar-refractivity contribution in [2.45, 2.75) is 11.5 Å². The Morgan fingerprint density at radius 2 is 2.21 bits per heavy atom. The van der Waals surface area contributed by atoms with Crippen molar-refractivity contribution < 1.29 is 12.6 Å². The highest BCUT2D eigenvalue weighted by atomic mass is 32.2. The molecule has 6 heteroatoms. The van der Waals surface area contributed by atoms with E-state index in [2.05, 4.69) is 4.18 Å². The second kappa shape index (κ2) is 4.79. The SMILES string of the molecule is CSc1cccc(COS(N)(=O)=O)c1. The quantitative estimate of drug-likeness (QED) is 0.791. The summed E-state index contributed by atoms with van der Waals surface area (Å²) in [6.45, 7) is -0.0206. The monoisotopic (exact) mass is 233 g/mol. The van der Waals surface area contributed by atoms with Crippen LogP contribution in [0.1, 0.15) is 5.56 Å². The third kappa shape index (κ3) is 4.10. The van der Waals surface area contributed by atoms with E-state index in [-0.39, 0.29) is 6.61 Å². The van der Waals surface area contributed by atoms with E-state index in [1.807, 2.05) is 24.5 Å². The maximum Gasteiger partial charge on any atom is 0.333 e. The molecule has 0 amide bonds. The van der Waals surface area contributed by atoms with Crippen LogP contribution in [-0.4, -0.2) is 14.7 Å². The lowest BCUT2D eigenvalue weighted by molar-refractivity contribution is 0.308. The summed E-state index contributed by atoms with van der Waals surface area (Å²) in [6.07, 6.45) is 1.94. The number of hydrogen-bond acceptors (Lipinski definition) is 4. The summed E-state index contributed by atoms with van der Waals surface area (Å²) in [5.74, 6) is 0. The van der Waals surface area contributed by atoms with E-state index in [9.17, 15) is 8.42 Å². The molecule has 0 spiro atoms. The average molecular weight is 233 g/mol. The molecule has 0 radical (unpaired) electrons. The second-order valence-corrected chi connectivity index (χ2v) is 4.71. The number of rotatable bonds is 4. The molecule has 2 N–H and O–H groups in total. The van der Waals surface area contributed by atoms with Gasteiger partial charge in [-0.05, 0) is 24.0 Å². The molecule has 4 nitrogen and oxygen atoms in total. The molecule has 0 atom stereocenters. The molecule has 0 unspecified atom stereocenters. The molecule has 0 bridgehead atoms. The third-order valence-corrected chi connectivity index (χ3v) is 2.70. The van der Waals surface area contributed by atoms with Crippen LogP contribution in [0.3, 0.4) is 0 Å². The Balaban J connectivity index is 2.68. The Kier molecular flexibility index (Phi) is 3.94. The van der Waals surface area contributed by atoms with Gasteiger partial charge in [-0.15, -0.1) is 11.8 Å². The van der Waals surface area contributed by atoms with Gasteiger partial charge in [0.25, 0.3) is 0 Å². The molecule has 1 aromatic rings. The van der Waals surface area contributed by atoms with Crippen LogP contribution in [0.4, 0.5) is 0 Å². The lowest BCUT2D eigenvalue weighted by atomic mass is 10.2.